The predicted octanol–water partition coefficient (Wildman–Crippen LogP) is 7.38. The first kappa shape index (κ1) is 18.5. The lowest BCUT2D eigenvalue weighted by molar-refractivity contribution is 0.0145. The molecule has 0 saturated heterocycles. The second kappa shape index (κ2) is 6.04. The Morgan fingerprint density at radius 2 is 1.00 bits per heavy atom. The predicted molar refractivity (Wildman–Crippen MR) is 123 cm³/mol. The highest BCUT2D eigenvalue weighted by atomic mass is 79.9. The third-order valence-corrected chi connectivity index (χ3v) is 16.4. The van der Waals surface area contributed by atoms with Crippen LogP contribution in [-0.2, 0) is 4.57 Å². The van der Waals surface area contributed by atoms with E-state index in [1.807, 2.05) is 0 Å². The fraction of sp³-hybridized carbons (Fsp3) is 0.769. The van der Waals surface area contributed by atoms with Crippen LogP contribution in [0.25, 0.3) is 0 Å². The van der Waals surface area contributed by atoms with Crippen molar-refractivity contribution in [2.45, 2.75) is 87.4 Å². The van der Waals surface area contributed by atoms with Crippen molar-refractivity contribution in [2.24, 2.45) is 35.5 Å². The summed E-state index contributed by atoms with van der Waals surface area (Å²) in [5.74, 6) is 5.20. The summed E-state index contributed by atoms with van der Waals surface area (Å²) in [5, 5.41) is 1.50. The maximum atomic E-state index is 16.1. The highest BCUT2D eigenvalue weighted by Gasteiger charge is 2.69. The first-order valence-electron chi connectivity index (χ1n) is 12.3. The quantitative estimate of drug-likeness (QED) is 0.419. The number of hydrogen-bond donors (Lipinski definition) is 0. The second-order valence-corrected chi connectivity index (χ2v) is 16.8. The zero-order valence-corrected chi connectivity index (χ0v) is 20.0. The van der Waals surface area contributed by atoms with E-state index in [-0.39, 0.29) is 10.3 Å². The summed E-state index contributed by atoms with van der Waals surface area (Å²) in [5.41, 5.74) is 0. The molecule has 0 N–H and O–H groups in total. The summed E-state index contributed by atoms with van der Waals surface area (Å²) >= 11 is 3.92. The van der Waals surface area contributed by atoms with E-state index in [0.717, 1.165) is 40.0 Å². The van der Waals surface area contributed by atoms with Crippen molar-refractivity contribution in [1.29, 1.82) is 0 Å². The van der Waals surface area contributed by atoms with Crippen LogP contribution in [0.2, 0.25) is 0 Å². The standard InChI is InChI=1S/C26H34BrOP/c27-23-3-1-2-4-24(23)29(28,25-11-17-5-18(12-25)7-19(6-17)13-25)26-14-20-8-21(15-26)10-22(9-20)16-26/h1-4,17-22H,5-16H2. The van der Waals surface area contributed by atoms with Crippen LogP contribution >= 0.6 is 23.1 Å². The van der Waals surface area contributed by atoms with Crippen molar-refractivity contribution in [1.82, 2.24) is 0 Å². The van der Waals surface area contributed by atoms with Crippen LogP contribution in [0.4, 0.5) is 0 Å². The van der Waals surface area contributed by atoms with Gasteiger partial charge in [0.1, 0.15) is 7.14 Å². The van der Waals surface area contributed by atoms with Gasteiger partial charge in [-0.3, -0.25) is 0 Å². The average molecular weight is 473 g/mol. The molecule has 0 amide bonds. The van der Waals surface area contributed by atoms with Crippen molar-refractivity contribution in [3.8, 4) is 0 Å². The van der Waals surface area contributed by atoms with Crippen LogP contribution in [0.3, 0.4) is 0 Å². The Labute approximate surface area is 184 Å². The molecule has 8 bridgehead atoms. The lowest BCUT2D eigenvalue weighted by Crippen LogP contribution is -2.59. The minimum absolute atomic E-state index is 0.122. The first-order chi connectivity index (χ1) is 14.0. The average Bonchev–Trinajstić information content (AvgIpc) is 2.65. The van der Waals surface area contributed by atoms with Crippen LogP contribution in [0.15, 0.2) is 28.7 Å². The van der Waals surface area contributed by atoms with Gasteiger partial charge >= 0.3 is 0 Å². The molecule has 0 heterocycles. The minimum atomic E-state index is -2.56. The van der Waals surface area contributed by atoms with Crippen molar-refractivity contribution in [3.05, 3.63) is 28.7 Å². The van der Waals surface area contributed by atoms with Crippen molar-refractivity contribution < 1.29 is 4.57 Å². The fourth-order valence-electron chi connectivity index (χ4n) is 10.6. The van der Waals surface area contributed by atoms with Gasteiger partial charge in [0.15, 0.2) is 0 Å². The smallest absolute Gasteiger partial charge is 0.128 e. The van der Waals surface area contributed by atoms with Crippen molar-refractivity contribution >= 4 is 28.4 Å². The van der Waals surface area contributed by atoms with Gasteiger partial charge in [0.05, 0.1) is 0 Å². The molecule has 1 aromatic carbocycles. The molecule has 1 aromatic rings. The molecular weight excluding hydrogens is 439 g/mol. The molecule has 0 aliphatic heterocycles. The SMILES string of the molecule is O=P(c1ccccc1Br)(C12CC3CC(CC(C3)C1)C2)C12CC3CC(CC(C3)C1)C2. The van der Waals surface area contributed by atoms with Gasteiger partial charge in [0, 0.05) is 20.1 Å². The highest BCUT2D eigenvalue weighted by Crippen LogP contribution is 2.82. The lowest BCUT2D eigenvalue weighted by Gasteiger charge is -2.67. The Balaban J connectivity index is 1.45. The number of halogens is 1. The van der Waals surface area contributed by atoms with Gasteiger partial charge in [0.2, 0.25) is 0 Å². The molecule has 0 atom stereocenters. The normalized spacial score (nSPS) is 51.3. The van der Waals surface area contributed by atoms with Crippen molar-refractivity contribution in [2.75, 3.05) is 0 Å². The Bertz CT molecular complexity index is 785. The van der Waals surface area contributed by atoms with E-state index in [1.165, 1.54) is 82.4 Å². The van der Waals surface area contributed by atoms with E-state index in [2.05, 4.69) is 40.2 Å². The maximum Gasteiger partial charge on any atom is 0.128 e. The summed E-state index contributed by atoms with van der Waals surface area (Å²) in [7, 11) is -2.56. The van der Waals surface area contributed by atoms with E-state index in [4.69, 9.17) is 0 Å². The maximum absolute atomic E-state index is 16.1. The molecule has 8 fully saturated rings. The van der Waals surface area contributed by atoms with Crippen LogP contribution in [-0.4, -0.2) is 10.3 Å². The van der Waals surface area contributed by atoms with E-state index in [1.54, 1.807) is 0 Å². The van der Waals surface area contributed by atoms with E-state index in [0.29, 0.717) is 0 Å². The van der Waals surface area contributed by atoms with E-state index < -0.39 is 7.14 Å². The van der Waals surface area contributed by atoms with Gasteiger partial charge in [0.25, 0.3) is 0 Å². The largest absolute Gasteiger partial charge is 0.317 e. The third kappa shape index (κ3) is 2.37. The molecule has 1 nitrogen and oxygen atoms in total. The van der Waals surface area contributed by atoms with Crippen LogP contribution < -0.4 is 5.30 Å². The summed E-state index contributed by atoms with van der Waals surface area (Å²) in [4.78, 5) is 0. The van der Waals surface area contributed by atoms with E-state index in [9.17, 15) is 0 Å². The highest BCUT2D eigenvalue weighted by molar-refractivity contribution is 9.10. The molecule has 29 heavy (non-hydrogen) atoms. The van der Waals surface area contributed by atoms with Gasteiger partial charge in [-0.15, -0.1) is 0 Å². The molecule has 9 rings (SSSR count). The zero-order valence-electron chi connectivity index (χ0n) is 17.5. The van der Waals surface area contributed by atoms with Crippen molar-refractivity contribution in [3.63, 3.8) is 0 Å². The molecule has 8 saturated carbocycles. The molecule has 0 aromatic heterocycles. The lowest BCUT2D eigenvalue weighted by atomic mass is 9.55. The summed E-state index contributed by atoms with van der Waals surface area (Å²) in [6, 6.07) is 8.76. The number of hydrogen-bond acceptors (Lipinski definition) is 1. The second-order valence-electron chi connectivity index (χ2n) is 12.3. The topological polar surface area (TPSA) is 17.1 Å². The minimum Gasteiger partial charge on any atom is -0.317 e. The number of benzene rings is 1. The summed E-state index contributed by atoms with van der Waals surface area (Å²) in [6.45, 7) is 0. The van der Waals surface area contributed by atoms with Gasteiger partial charge in [-0.25, -0.2) is 0 Å². The Morgan fingerprint density at radius 1 is 0.655 bits per heavy atom. The van der Waals surface area contributed by atoms with Crippen LogP contribution in [0, 0.1) is 35.5 Å². The van der Waals surface area contributed by atoms with Crippen LogP contribution in [0.1, 0.15) is 77.0 Å². The summed E-state index contributed by atoms with van der Waals surface area (Å²) < 4.78 is 17.3. The molecule has 0 radical (unpaired) electrons. The zero-order chi connectivity index (χ0) is 19.4. The molecule has 3 heteroatoms. The Hall–Kier alpha value is -0.0700. The molecule has 0 unspecified atom stereocenters. The fourth-order valence-corrected chi connectivity index (χ4v) is 17.4. The molecule has 156 valence electrons. The number of rotatable bonds is 3. The monoisotopic (exact) mass is 472 g/mol. The van der Waals surface area contributed by atoms with Gasteiger partial charge < -0.3 is 4.57 Å². The molecular formula is C26H34BrOP. The van der Waals surface area contributed by atoms with Gasteiger partial charge in [-0.2, -0.15) is 0 Å². The molecule has 8 aliphatic carbocycles. The summed E-state index contributed by atoms with van der Waals surface area (Å²) in [6.07, 6.45) is 16.3. The Morgan fingerprint density at radius 3 is 1.34 bits per heavy atom. The van der Waals surface area contributed by atoms with Crippen LogP contribution in [0.5, 0.6) is 0 Å². The van der Waals surface area contributed by atoms with Gasteiger partial charge in [-0.05, 0) is 119 Å². The molecule has 0 spiro atoms. The first-order valence-corrected chi connectivity index (χ1v) is 14.8. The van der Waals surface area contributed by atoms with Gasteiger partial charge in [-0.1, -0.05) is 34.1 Å². The molecule has 8 aliphatic rings. The Kier molecular flexibility index (Phi) is 3.85. The van der Waals surface area contributed by atoms with E-state index >= 15 is 4.57 Å². The third-order valence-electron chi connectivity index (χ3n) is 10.5.